The second-order valence-electron chi connectivity index (χ2n) is 13.5. The first kappa shape index (κ1) is 40.4. The number of nitrogens with zero attached hydrogens (tertiary/aromatic N) is 4. The third kappa shape index (κ3) is 8.71. The third-order valence-electron chi connectivity index (χ3n) is 9.84. The number of methoxy groups -OCH3 is 2. The number of aldehydes is 1. The SMILES string of the molecule is COC(OC)c1nn(-c2ccc(F)cc2F)c2c1CSCC2Cc1ccc(F)cc1.O=Cc1nn(-c2ccc(F)cc2F)c2c1CSCC2Cc1ccc(F)cc1. The van der Waals surface area contributed by atoms with Gasteiger partial charge in [-0.1, -0.05) is 24.3 Å². The van der Waals surface area contributed by atoms with E-state index in [-0.39, 0.29) is 40.5 Å². The summed E-state index contributed by atoms with van der Waals surface area (Å²) in [5.41, 5.74) is 6.34. The van der Waals surface area contributed by atoms with Gasteiger partial charge in [0.1, 0.15) is 46.0 Å². The van der Waals surface area contributed by atoms with Crippen molar-refractivity contribution in [3.63, 3.8) is 0 Å². The van der Waals surface area contributed by atoms with Crippen molar-refractivity contribution in [1.82, 2.24) is 19.6 Å². The number of fused-ring (bicyclic) bond motifs is 2. The van der Waals surface area contributed by atoms with Gasteiger partial charge in [0.15, 0.2) is 17.9 Å². The highest BCUT2D eigenvalue weighted by atomic mass is 32.2. The van der Waals surface area contributed by atoms with Crippen LogP contribution in [0.25, 0.3) is 11.4 Å². The van der Waals surface area contributed by atoms with E-state index in [2.05, 4.69) is 10.2 Å². The fourth-order valence-electron chi connectivity index (χ4n) is 7.26. The lowest BCUT2D eigenvalue weighted by molar-refractivity contribution is -0.109. The van der Waals surface area contributed by atoms with Crippen molar-refractivity contribution in [3.8, 4) is 11.4 Å². The Morgan fingerprint density at radius 2 is 1.09 bits per heavy atom. The first-order valence-electron chi connectivity index (χ1n) is 17.9. The summed E-state index contributed by atoms with van der Waals surface area (Å²) in [5.74, 6) is -0.551. The van der Waals surface area contributed by atoms with E-state index in [1.165, 1.54) is 67.4 Å². The third-order valence-corrected chi connectivity index (χ3v) is 12.1. The van der Waals surface area contributed by atoms with Crippen LogP contribution in [0, 0.1) is 34.9 Å². The molecule has 0 aliphatic carbocycles. The molecule has 0 saturated heterocycles. The summed E-state index contributed by atoms with van der Waals surface area (Å²) >= 11 is 3.42. The van der Waals surface area contributed by atoms with Gasteiger partial charge in [-0.2, -0.15) is 33.7 Å². The first-order chi connectivity index (χ1) is 27.6. The van der Waals surface area contributed by atoms with Crippen molar-refractivity contribution in [3.05, 3.63) is 165 Å². The summed E-state index contributed by atoms with van der Waals surface area (Å²) < 4.78 is 96.2. The molecule has 2 unspecified atom stereocenters. The summed E-state index contributed by atoms with van der Waals surface area (Å²) in [4.78, 5) is 11.5. The molecule has 8 rings (SSSR count). The predicted octanol–water partition coefficient (Wildman–Crippen LogP) is 9.83. The molecule has 7 nitrogen and oxygen atoms in total. The minimum atomic E-state index is -0.739. The molecular formula is C42H36F6N4O3S2. The molecule has 4 aromatic carbocycles. The molecule has 0 fully saturated rings. The van der Waals surface area contributed by atoms with E-state index in [4.69, 9.17) is 9.47 Å². The minimum absolute atomic E-state index is 0.00396. The molecule has 2 aliphatic heterocycles. The Kier molecular flexibility index (Phi) is 12.6. The summed E-state index contributed by atoms with van der Waals surface area (Å²) in [6, 6.07) is 19.3. The molecule has 2 atom stereocenters. The summed E-state index contributed by atoms with van der Waals surface area (Å²) in [6.07, 6.45) is 1.21. The van der Waals surface area contributed by atoms with Crippen molar-refractivity contribution in [2.24, 2.45) is 0 Å². The van der Waals surface area contributed by atoms with Gasteiger partial charge in [-0.05, 0) is 72.5 Å². The summed E-state index contributed by atoms with van der Waals surface area (Å²) in [5, 5.41) is 8.92. The number of benzene rings is 4. The quantitative estimate of drug-likeness (QED) is 0.0775. The Hall–Kier alpha value is -4.83. The average molecular weight is 823 g/mol. The molecule has 57 heavy (non-hydrogen) atoms. The maximum Gasteiger partial charge on any atom is 0.202 e. The summed E-state index contributed by atoms with van der Waals surface area (Å²) in [7, 11) is 3.04. The van der Waals surface area contributed by atoms with E-state index < -0.39 is 29.6 Å². The van der Waals surface area contributed by atoms with Gasteiger partial charge in [0, 0.05) is 72.3 Å². The van der Waals surface area contributed by atoms with Crippen LogP contribution in [0.1, 0.15) is 67.9 Å². The molecule has 0 saturated carbocycles. The molecule has 15 heteroatoms. The van der Waals surface area contributed by atoms with Gasteiger partial charge in [-0.3, -0.25) is 4.79 Å². The standard InChI is InChI=1S/C22H21F3N2O2S.C20H15F3N2OS/c1-28-22(29-2)20-17-12-30-11-14(9-13-3-5-15(23)6-4-13)21(17)27(26-20)19-8-7-16(24)10-18(19)25;21-14-3-1-12(2-4-14)7-13-10-27-11-16-18(9-26)24-25(20(13)16)19-6-5-15(22)8-17(19)23/h3-8,10,14,22H,9,11-12H2,1-2H3;1-6,8-9,13H,7,10-11H2. The maximum atomic E-state index is 14.7. The zero-order valence-electron chi connectivity index (χ0n) is 30.7. The molecule has 0 amide bonds. The lowest BCUT2D eigenvalue weighted by atomic mass is 9.94. The molecular weight excluding hydrogens is 787 g/mol. The normalized spacial score (nSPS) is 16.2. The molecule has 4 heterocycles. The number of rotatable bonds is 10. The molecule has 2 aromatic heterocycles. The highest BCUT2D eigenvalue weighted by molar-refractivity contribution is 7.98. The lowest BCUT2D eigenvalue weighted by Gasteiger charge is -2.25. The number of hydrogen-bond donors (Lipinski definition) is 0. The molecule has 0 N–H and O–H groups in total. The Bertz CT molecular complexity index is 2370. The zero-order chi connectivity index (χ0) is 40.2. The van der Waals surface area contributed by atoms with E-state index in [0.29, 0.717) is 36.3 Å². The molecule has 0 bridgehead atoms. The number of thioether (sulfide) groups is 2. The van der Waals surface area contributed by atoms with Crippen LogP contribution >= 0.6 is 23.5 Å². The van der Waals surface area contributed by atoms with E-state index in [1.54, 1.807) is 52.5 Å². The van der Waals surface area contributed by atoms with Gasteiger partial charge < -0.3 is 9.47 Å². The van der Waals surface area contributed by atoms with Crippen LogP contribution in [-0.2, 0) is 33.8 Å². The topological polar surface area (TPSA) is 71.2 Å². The molecule has 0 radical (unpaired) electrons. The van der Waals surface area contributed by atoms with Crippen molar-refractivity contribution < 1.29 is 40.6 Å². The van der Waals surface area contributed by atoms with Crippen LogP contribution in [0.2, 0.25) is 0 Å². The average Bonchev–Trinajstić information content (AvgIpc) is 3.77. The van der Waals surface area contributed by atoms with Crippen LogP contribution in [0.3, 0.4) is 0 Å². The Morgan fingerprint density at radius 1 is 0.649 bits per heavy atom. The summed E-state index contributed by atoms with van der Waals surface area (Å²) in [6.45, 7) is 0. The van der Waals surface area contributed by atoms with Crippen LogP contribution < -0.4 is 0 Å². The largest absolute Gasteiger partial charge is 0.350 e. The van der Waals surface area contributed by atoms with Crippen molar-refractivity contribution in [1.29, 1.82) is 0 Å². The van der Waals surface area contributed by atoms with Crippen LogP contribution in [0.15, 0.2) is 84.9 Å². The van der Waals surface area contributed by atoms with Crippen molar-refractivity contribution in [2.75, 3.05) is 25.7 Å². The molecule has 296 valence electrons. The minimum Gasteiger partial charge on any atom is -0.350 e. The molecule has 2 aliphatic rings. The molecule has 0 spiro atoms. The van der Waals surface area contributed by atoms with Gasteiger partial charge in [-0.15, -0.1) is 0 Å². The predicted molar refractivity (Wildman–Crippen MR) is 207 cm³/mol. The first-order valence-corrected chi connectivity index (χ1v) is 20.2. The Balaban J connectivity index is 0.000000175. The van der Waals surface area contributed by atoms with E-state index in [0.717, 1.165) is 57.3 Å². The van der Waals surface area contributed by atoms with Crippen LogP contribution in [0.4, 0.5) is 26.3 Å². The second-order valence-corrected chi connectivity index (χ2v) is 15.6. The number of ether oxygens (including phenoxy) is 2. The molecule has 6 aromatic rings. The van der Waals surface area contributed by atoms with Gasteiger partial charge in [0.05, 0.1) is 11.4 Å². The van der Waals surface area contributed by atoms with Crippen LogP contribution in [0.5, 0.6) is 0 Å². The highest BCUT2D eigenvalue weighted by Crippen LogP contribution is 2.41. The Labute approximate surface area is 333 Å². The fourth-order valence-corrected chi connectivity index (χ4v) is 9.61. The Morgan fingerprint density at radius 3 is 1.54 bits per heavy atom. The smallest absolute Gasteiger partial charge is 0.202 e. The number of hydrogen-bond acceptors (Lipinski definition) is 7. The second kappa shape index (κ2) is 17.8. The number of carbonyl (C=O) groups excluding carboxylic acids is 1. The van der Waals surface area contributed by atoms with E-state index in [1.807, 2.05) is 0 Å². The van der Waals surface area contributed by atoms with E-state index >= 15 is 0 Å². The van der Waals surface area contributed by atoms with Gasteiger partial charge >= 0.3 is 0 Å². The highest BCUT2D eigenvalue weighted by Gasteiger charge is 2.34. The van der Waals surface area contributed by atoms with Gasteiger partial charge in [-0.25, -0.2) is 35.7 Å². The van der Waals surface area contributed by atoms with Crippen molar-refractivity contribution in [2.45, 2.75) is 42.5 Å². The number of halogens is 6. The maximum absolute atomic E-state index is 14.7. The van der Waals surface area contributed by atoms with Gasteiger partial charge in [0.2, 0.25) is 6.29 Å². The fraction of sp³-hybridized carbons (Fsp3) is 0.262. The number of carbonyl (C=O) groups is 1. The zero-order valence-corrected chi connectivity index (χ0v) is 32.4. The number of aromatic nitrogens is 4. The van der Waals surface area contributed by atoms with E-state index in [9.17, 15) is 31.1 Å². The lowest BCUT2D eigenvalue weighted by Crippen LogP contribution is -2.18. The van der Waals surface area contributed by atoms with Crippen molar-refractivity contribution >= 4 is 29.8 Å². The van der Waals surface area contributed by atoms with Gasteiger partial charge in [0.25, 0.3) is 0 Å². The van der Waals surface area contributed by atoms with Crippen LogP contribution in [-0.4, -0.2) is 51.6 Å². The monoisotopic (exact) mass is 822 g/mol.